The van der Waals surface area contributed by atoms with Crippen LogP contribution in [0.3, 0.4) is 0 Å². The van der Waals surface area contributed by atoms with E-state index in [1.807, 2.05) is 114 Å². The van der Waals surface area contributed by atoms with E-state index in [-0.39, 0.29) is 49.2 Å². The zero-order valence-electron chi connectivity index (χ0n) is 53.0. The van der Waals surface area contributed by atoms with Gasteiger partial charge in [0, 0.05) is 107 Å². The fraction of sp³-hybridized carbons (Fsp3) is 0.582. The number of urea groups is 1. The van der Waals surface area contributed by atoms with E-state index in [0.717, 1.165) is 27.6 Å². The van der Waals surface area contributed by atoms with Crippen LogP contribution in [0.25, 0.3) is 10.9 Å². The van der Waals surface area contributed by atoms with Crippen molar-refractivity contribution in [2.75, 3.05) is 77.9 Å². The number of methoxy groups -OCH3 is 3. The maximum absolute atomic E-state index is 16.0. The number of amides is 4. The number of hydrogen-bond donors (Lipinski definition) is 8. The van der Waals surface area contributed by atoms with Gasteiger partial charge in [-0.05, 0) is 92.8 Å². The summed E-state index contributed by atoms with van der Waals surface area (Å²) < 4.78 is 24.9. The summed E-state index contributed by atoms with van der Waals surface area (Å²) in [5.74, 6) is -2.74. The first-order chi connectivity index (χ1) is 41.8. The molecule has 476 valence electrons. The number of nitrogens with two attached hydrogens (primary N) is 1. The van der Waals surface area contributed by atoms with Crippen molar-refractivity contribution in [3.63, 3.8) is 0 Å². The number of nitrogens with one attached hydrogen (secondary N) is 5. The normalized spacial score (nSPS) is 30.1. The number of aliphatic hydroxyl groups is 2. The number of piperidine rings is 1. The van der Waals surface area contributed by atoms with Gasteiger partial charge in [-0.15, -0.1) is 0 Å². The molecule has 9 N–H and O–H groups in total. The van der Waals surface area contributed by atoms with E-state index in [0.29, 0.717) is 111 Å². The average Bonchev–Trinajstić information content (AvgIpc) is 1.44. The van der Waals surface area contributed by atoms with Gasteiger partial charge in [-0.25, -0.2) is 9.59 Å². The first-order valence-electron chi connectivity index (χ1n) is 31.5. The highest BCUT2D eigenvalue weighted by Gasteiger charge is 2.80. The molecule has 12 atom stereocenters. The molecule has 4 aromatic rings. The van der Waals surface area contributed by atoms with Crippen LogP contribution < -0.4 is 36.6 Å². The number of H-pyrrole nitrogens is 1. The van der Waals surface area contributed by atoms with Crippen molar-refractivity contribution in [2.24, 2.45) is 23.0 Å². The summed E-state index contributed by atoms with van der Waals surface area (Å²) in [5.41, 5.74) is 4.12. The molecule has 2 saturated heterocycles. The Morgan fingerprint density at radius 1 is 0.898 bits per heavy atom. The van der Waals surface area contributed by atoms with Gasteiger partial charge in [-0.1, -0.05) is 84.0 Å². The lowest BCUT2D eigenvalue weighted by Crippen LogP contribution is -2.81. The minimum absolute atomic E-state index is 0.0238. The summed E-state index contributed by atoms with van der Waals surface area (Å²) in [4.78, 5) is 91.5. The van der Waals surface area contributed by atoms with Crippen molar-refractivity contribution in [2.45, 2.75) is 165 Å². The highest BCUT2D eigenvalue weighted by atomic mass is 16.6. The fourth-order valence-corrected chi connectivity index (χ4v) is 17.5. The third kappa shape index (κ3) is 10.7. The predicted octanol–water partition coefficient (Wildman–Crippen LogP) is 5.60. The second-order valence-corrected chi connectivity index (χ2v) is 26.8. The van der Waals surface area contributed by atoms with Crippen molar-refractivity contribution in [3.05, 3.63) is 101 Å². The van der Waals surface area contributed by atoms with E-state index in [1.165, 1.54) is 21.1 Å². The van der Waals surface area contributed by atoms with Crippen LogP contribution in [0, 0.1) is 17.3 Å². The number of carbonyl (C=O) groups excluding carboxylic acids is 6. The van der Waals surface area contributed by atoms with Crippen molar-refractivity contribution in [3.8, 4) is 5.75 Å². The van der Waals surface area contributed by atoms with Gasteiger partial charge < -0.3 is 70.5 Å². The molecule has 0 radical (unpaired) electrons. The van der Waals surface area contributed by atoms with Crippen molar-refractivity contribution >= 4 is 58.0 Å². The average molecular weight is 1220 g/mol. The molecule has 2 bridgehead atoms. The first kappa shape index (κ1) is 64.0. The van der Waals surface area contributed by atoms with E-state index in [2.05, 4.69) is 43.3 Å². The maximum atomic E-state index is 16.0. The van der Waals surface area contributed by atoms with E-state index in [9.17, 15) is 34.2 Å². The summed E-state index contributed by atoms with van der Waals surface area (Å²) in [5, 5.41) is 39.4. The first-order valence-corrected chi connectivity index (χ1v) is 31.5. The lowest BCUT2D eigenvalue weighted by atomic mass is 9.47. The van der Waals surface area contributed by atoms with E-state index >= 15 is 4.79 Å². The second kappa shape index (κ2) is 24.4. The van der Waals surface area contributed by atoms with Gasteiger partial charge in [-0.3, -0.25) is 24.1 Å². The van der Waals surface area contributed by atoms with Gasteiger partial charge >= 0.3 is 23.9 Å². The van der Waals surface area contributed by atoms with Gasteiger partial charge in [-0.2, -0.15) is 0 Å². The van der Waals surface area contributed by atoms with Crippen LogP contribution >= 0.6 is 0 Å². The molecule has 6 heterocycles. The standard InChI is InChI=1S/C67H91N9O12/c1-12-63(83)34-43-35-66(60(80)86-10,48-32-47-51(33-52(48)85-9)74(8)58-65(47)27-30-75-29-17-26-64(13-2,57(65)75)59(88-41(7)77)67(58,84)61(81)87-11)54-46(45-18-14-15-19-49(45)72-54)25-31-76(37-43,38-63)36-42-21-23-44(24-22-42)71-55(78)50(20-16-28-69-62(68)82)73-56(79)53(39(3)4)70-40(5)6/h14-15,17-19,21-24,26,32-33,39-40,43,50,53,57-59,70,72,83-84H,12-13,16,20,25,27-31,34-38H2,1-11H3,(H4-,68,69,71,73,78,79,82)/p+1/t43-,50-,53-,57-,58+,59+,63-,64+,65+,66-,67-,76-/m0/s1. The topological polar surface area (TPSA) is 276 Å². The molecule has 3 fully saturated rings. The molecule has 10 rings (SSSR count). The molecule has 1 aliphatic carbocycles. The third-order valence-corrected chi connectivity index (χ3v) is 20.8. The number of para-hydroxylation sites is 1. The summed E-state index contributed by atoms with van der Waals surface area (Å²) in [7, 11) is 6.08. The molecule has 0 unspecified atom stereocenters. The van der Waals surface area contributed by atoms with Gasteiger partial charge in [0.05, 0.1) is 46.5 Å². The SMILES string of the molecule is CC[C@]1(O)C[C@H]2C[C@](C(=O)OC)(c3cc4c(cc3OC)N(C)[C@H]3[C@@](O)(C(=O)OC)[C@H](OC(C)=O)[C@]5(CC)C=CCN6CC[C@]43[C@@H]65)c3[nH]c4ccccc4c3CC[N@+](Cc3ccc(NC(=O)[C@H](CCCNC(N)=O)NC(=O)[C@@H](NC(C)C)C(C)C)cc3)(C2)C1. The summed E-state index contributed by atoms with van der Waals surface area (Å²) in [6.07, 6.45) is 5.83. The van der Waals surface area contributed by atoms with Crippen molar-refractivity contribution in [1.29, 1.82) is 0 Å². The molecular weight excluding hydrogens is 1120 g/mol. The van der Waals surface area contributed by atoms with Gasteiger partial charge in [0.1, 0.15) is 35.9 Å². The molecule has 1 saturated carbocycles. The molecular formula is C67H92N9O12+. The Morgan fingerprint density at radius 2 is 1.62 bits per heavy atom. The minimum atomic E-state index is -2.38. The Kier molecular flexibility index (Phi) is 17.7. The molecule has 3 aromatic carbocycles. The quantitative estimate of drug-likeness (QED) is 0.0176. The summed E-state index contributed by atoms with van der Waals surface area (Å²) in [6.45, 7) is 16.7. The van der Waals surface area contributed by atoms with Crippen LogP contribution in [0.4, 0.5) is 16.2 Å². The monoisotopic (exact) mass is 1210 g/mol. The molecule has 6 aliphatic rings. The van der Waals surface area contributed by atoms with Crippen LogP contribution in [-0.4, -0.2) is 175 Å². The number of aromatic nitrogens is 1. The number of primary amides is 1. The molecule has 1 aromatic heterocycles. The zero-order chi connectivity index (χ0) is 63.5. The minimum Gasteiger partial charge on any atom is -0.496 e. The van der Waals surface area contributed by atoms with E-state index < -0.39 is 81.5 Å². The van der Waals surface area contributed by atoms with Crippen molar-refractivity contribution < 1.29 is 62.4 Å². The number of aromatic amines is 1. The fourth-order valence-electron chi connectivity index (χ4n) is 17.5. The smallest absolute Gasteiger partial charge is 0.344 e. The number of carbonyl (C=O) groups is 6. The Labute approximate surface area is 516 Å². The number of likely N-dealkylation sites (N-methyl/N-ethyl adjacent to an activating group) is 1. The van der Waals surface area contributed by atoms with Crippen LogP contribution in [0.5, 0.6) is 5.75 Å². The molecule has 88 heavy (non-hydrogen) atoms. The number of hydrogen-bond acceptors (Lipinski definition) is 15. The molecule has 5 aliphatic heterocycles. The highest BCUT2D eigenvalue weighted by molar-refractivity contribution is 5.98. The number of esters is 3. The number of benzene rings is 3. The Balaban J connectivity index is 1.07. The second-order valence-electron chi connectivity index (χ2n) is 26.8. The van der Waals surface area contributed by atoms with E-state index in [1.54, 1.807) is 7.11 Å². The number of rotatable bonds is 20. The predicted molar refractivity (Wildman–Crippen MR) is 333 cm³/mol. The lowest BCUT2D eigenvalue weighted by molar-refractivity contribution is -0.954. The highest BCUT2D eigenvalue weighted by Crippen LogP contribution is 2.68. The molecule has 21 nitrogen and oxygen atoms in total. The van der Waals surface area contributed by atoms with E-state index in [4.69, 9.17) is 24.7 Å². The largest absolute Gasteiger partial charge is 0.496 e. The Bertz CT molecular complexity index is 3370. The summed E-state index contributed by atoms with van der Waals surface area (Å²) >= 11 is 0. The third-order valence-electron chi connectivity index (χ3n) is 20.8. The Hall–Kier alpha value is -7.04. The molecule has 4 amide bonds. The summed E-state index contributed by atoms with van der Waals surface area (Å²) in [6, 6.07) is 16.3. The number of ether oxygens (including phenoxy) is 4. The lowest BCUT2D eigenvalue weighted by Gasteiger charge is -2.63. The van der Waals surface area contributed by atoms with Crippen molar-refractivity contribution in [1.82, 2.24) is 25.8 Å². The van der Waals surface area contributed by atoms with Gasteiger partial charge in [0.15, 0.2) is 6.10 Å². The zero-order valence-corrected chi connectivity index (χ0v) is 53.0. The number of anilines is 2. The molecule has 1 spiro atoms. The Morgan fingerprint density at radius 3 is 2.27 bits per heavy atom. The number of nitrogens with zero attached hydrogens (tertiary/aromatic N) is 3. The van der Waals surface area contributed by atoms with Crippen LogP contribution in [0.1, 0.15) is 121 Å². The molecule has 21 heteroatoms. The van der Waals surface area contributed by atoms with Gasteiger partial charge in [0.25, 0.3) is 0 Å². The number of quaternary nitrogens is 1. The number of fused-ring (bicyclic) bond motifs is 6. The maximum Gasteiger partial charge on any atom is 0.344 e. The van der Waals surface area contributed by atoms with Gasteiger partial charge in [0.2, 0.25) is 17.4 Å². The van der Waals surface area contributed by atoms with Crippen LogP contribution in [0.2, 0.25) is 0 Å². The van der Waals surface area contributed by atoms with Crippen LogP contribution in [-0.2, 0) is 62.0 Å². The van der Waals surface area contributed by atoms with Crippen LogP contribution in [0.15, 0.2) is 72.8 Å².